The van der Waals surface area contributed by atoms with Gasteiger partial charge in [0.2, 0.25) is 0 Å². The summed E-state index contributed by atoms with van der Waals surface area (Å²) in [6.07, 6.45) is 6.04. The van der Waals surface area contributed by atoms with E-state index in [9.17, 15) is 0 Å². The summed E-state index contributed by atoms with van der Waals surface area (Å²) >= 11 is 0. The third-order valence-electron chi connectivity index (χ3n) is 3.79. The first-order chi connectivity index (χ1) is 9.70. The molecule has 0 bridgehead atoms. The Morgan fingerprint density at radius 2 is 2.20 bits per heavy atom. The van der Waals surface area contributed by atoms with E-state index in [4.69, 9.17) is 0 Å². The highest BCUT2D eigenvalue weighted by Gasteiger charge is 2.12. The number of nitrogens with one attached hydrogen (secondary N) is 1. The van der Waals surface area contributed by atoms with Gasteiger partial charge in [0, 0.05) is 32.4 Å². The summed E-state index contributed by atoms with van der Waals surface area (Å²) in [6.45, 7) is 6.37. The van der Waals surface area contributed by atoms with E-state index in [1.165, 1.54) is 17.0 Å². The molecule has 0 aliphatic rings. The van der Waals surface area contributed by atoms with E-state index in [0.717, 1.165) is 25.9 Å². The van der Waals surface area contributed by atoms with Crippen LogP contribution in [-0.4, -0.2) is 22.6 Å². The van der Waals surface area contributed by atoms with Crippen molar-refractivity contribution < 1.29 is 0 Å². The number of benzene rings is 1. The van der Waals surface area contributed by atoms with E-state index < -0.39 is 0 Å². The summed E-state index contributed by atoms with van der Waals surface area (Å²) < 4.78 is 2.11. The standard InChI is InChI=1S/C17H25N3/c1-4-18-13-16(15-7-5-6-14(2)12-15)8-9-17-19-10-11-20(17)3/h5-7,10-12,16,18H,4,8-9,13H2,1-3H3. The lowest BCUT2D eigenvalue weighted by molar-refractivity contribution is 0.549. The predicted molar refractivity (Wildman–Crippen MR) is 84.0 cm³/mol. The fourth-order valence-electron chi connectivity index (χ4n) is 2.57. The lowest BCUT2D eigenvalue weighted by Gasteiger charge is -2.18. The molecule has 2 aromatic rings. The summed E-state index contributed by atoms with van der Waals surface area (Å²) in [5.41, 5.74) is 2.76. The van der Waals surface area contributed by atoms with E-state index in [-0.39, 0.29) is 0 Å². The second-order valence-corrected chi connectivity index (χ2v) is 5.41. The fraction of sp³-hybridized carbons (Fsp3) is 0.471. The van der Waals surface area contributed by atoms with Crippen LogP contribution in [0.3, 0.4) is 0 Å². The molecule has 0 amide bonds. The molecule has 1 aromatic carbocycles. The molecule has 108 valence electrons. The van der Waals surface area contributed by atoms with Crippen molar-refractivity contribution in [2.24, 2.45) is 7.05 Å². The van der Waals surface area contributed by atoms with E-state index >= 15 is 0 Å². The highest BCUT2D eigenvalue weighted by atomic mass is 15.0. The number of nitrogens with zero attached hydrogens (tertiary/aromatic N) is 2. The highest BCUT2D eigenvalue weighted by Crippen LogP contribution is 2.22. The van der Waals surface area contributed by atoms with Crippen molar-refractivity contribution in [2.75, 3.05) is 13.1 Å². The maximum atomic E-state index is 4.42. The minimum absolute atomic E-state index is 0.548. The molecule has 2 rings (SSSR count). The third kappa shape index (κ3) is 3.94. The number of aryl methyl sites for hydroxylation is 3. The summed E-state index contributed by atoms with van der Waals surface area (Å²) in [7, 11) is 2.06. The van der Waals surface area contributed by atoms with Crippen LogP contribution in [0.2, 0.25) is 0 Å². The first-order valence-corrected chi connectivity index (χ1v) is 7.44. The van der Waals surface area contributed by atoms with Gasteiger partial charge in [-0.05, 0) is 31.4 Å². The minimum atomic E-state index is 0.548. The number of aromatic nitrogens is 2. The second kappa shape index (κ2) is 7.25. The number of hydrogen-bond acceptors (Lipinski definition) is 2. The van der Waals surface area contributed by atoms with Gasteiger partial charge in [0.05, 0.1) is 0 Å². The van der Waals surface area contributed by atoms with Crippen LogP contribution in [0.25, 0.3) is 0 Å². The Hall–Kier alpha value is -1.61. The van der Waals surface area contributed by atoms with Crippen LogP contribution in [-0.2, 0) is 13.5 Å². The first-order valence-electron chi connectivity index (χ1n) is 7.44. The lowest BCUT2D eigenvalue weighted by Crippen LogP contribution is -2.22. The molecule has 0 radical (unpaired) electrons. The van der Waals surface area contributed by atoms with Crippen molar-refractivity contribution >= 4 is 0 Å². The van der Waals surface area contributed by atoms with E-state index in [0.29, 0.717) is 5.92 Å². The molecule has 0 fully saturated rings. The Kier molecular flexibility index (Phi) is 5.36. The van der Waals surface area contributed by atoms with Gasteiger partial charge < -0.3 is 9.88 Å². The van der Waals surface area contributed by atoms with Gasteiger partial charge in [-0.1, -0.05) is 36.8 Å². The maximum absolute atomic E-state index is 4.42. The molecule has 3 heteroatoms. The Bertz CT molecular complexity index is 531. The van der Waals surface area contributed by atoms with Gasteiger partial charge >= 0.3 is 0 Å². The monoisotopic (exact) mass is 271 g/mol. The van der Waals surface area contributed by atoms with Crippen LogP contribution >= 0.6 is 0 Å². The number of hydrogen-bond donors (Lipinski definition) is 1. The Labute approximate surface area is 122 Å². The second-order valence-electron chi connectivity index (χ2n) is 5.41. The first kappa shape index (κ1) is 14.8. The maximum Gasteiger partial charge on any atom is 0.108 e. The summed E-state index contributed by atoms with van der Waals surface area (Å²) in [6, 6.07) is 8.87. The zero-order chi connectivity index (χ0) is 14.4. The van der Waals surface area contributed by atoms with Gasteiger partial charge in [-0.2, -0.15) is 0 Å². The molecule has 1 N–H and O–H groups in total. The van der Waals surface area contributed by atoms with E-state index in [2.05, 4.69) is 60.0 Å². The molecule has 1 heterocycles. The largest absolute Gasteiger partial charge is 0.338 e. The van der Waals surface area contributed by atoms with Crippen LogP contribution in [0.5, 0.6) is 0 Å². The lowest BCUT2D eigenvalue weighted by atomic mass is 9.93. The highest BCUT2D eigenvalue weighted by molar-refractivity contribution is 5.26. The van der Waals surface area contributed by atoms with E-state index in [1.54, 1.807) is 0 Å². The topological polar surface area (TPSA) is 29.9 Å². The Balaban J connectivity index is 2.05. The van der Waals surface area contributed by atoms with Crippen LogP contribution in [0.1, 0.15) is 36.2 Å². The minimum Gasteiger partial charge on any atom is -0.338 e. The van der Waals surface area contributed by atoms with Gasteiger partial charge in [0.1, 0.15) is 5.82 Å². The zero-order valence-electron chi connectivity index (χ0n) is 12.8. The van der Waals surface area contributed by atoms with Crippen LogP contribution < -0.4 is 5.32 Å². The molecule has 1 atom stereocenters. The molecule has 1 aromatic heterocycles. The average molecular weight is 271 g/mol. The molecule has 0 aliphatic heterocycles. The van der Waals surface area contributed by atoms with Gasteiger partial charge in [0.15, 0.2) is 0 Å². The third-order valence-corrected chi connectivity index (χ3v) is 3.79. The van der Waals surface area contributed by atoms with Crippen molar-refractivity contribution in [3.63, 3.8) is 0 Å². The Morgan fingerprint density at radius 3 is 2.85 bits per heavy atom. The molecule has 0 aliphatic carbocycles. The number of imidazole rings is 1. The smallest absolute Gasteiger partial charge is 0.108 e. The van der Waals surface area contributed by atoms with Crippen LogP contribution in [0.4, 0.5) is 0 Å². The molecule has 0 saturated heterocycles. The molecule has 0 saturated carbocycles. The van der Waals surface area contributed by atoms with Gasteiger partial charge in [-0.25, -0.2) is 4.98 Å². The van der Waals surface area contributed by atoms with Crippen molar-refractivity contribution in [1.82, 2.24) is 14.9 Å². The number of rotatable bonds is 7. The zero-order valence-corrected chi connectivity index (χ0v) is 12.8. The summed E-state index contributed by atoms with van der Waals surface area (Å²) in [5.74, 6) is 1.71. The normalized spacial score (nSPS) is 12.6. The average Bonchev–Trinajstić information content (AvgIpc) is 2.84. The van der Waals surface area contributed by atoms with Crippen molar-refractivity contribution in [3.05, 3.63) is 53.6 Å². The fourth-order valence-corrected chi connectivity index (χ4v) is 2.57. The van der Waals surface area contributed by atoms with Crippen molar-refractivity contribution in [3.8, 4) is 0 Å². The molecule has 0 spiro atoms. The van der Waals surface area contributed by atoms with E-state index in [1.807, 2.05) is 12.4 Å². The van der Waals surface area contributed by atoms with Gasteiger partial charge in [0.25, 0.3) is 0 Å². The number of likely N-dealkylation sites (N-methyl/N-ethyl adjacent to an activating group) is 1. The van der Waals surface area contributed by atoms with Crippen molar-refractivity contribution in [2.45, 2.75) is 32.6 Å². The molecular formula is C17H25N3. The Morgan fingerprint density at radius 1 is 1.35 bits per heavy atom. The van der Waals surface area contributed by atoms with Crippen LogP contribution in [0.15, 0.2) is 36.7 Å². The summed E-state index contributed by atoms with van der Waals surface area (Å²) in [5, 5.41) is 3.48. The summed E-state index contributed by atoms with van der Waals surface area (Å²) in [4.78, 5) is 4.42. The molecule has 1 unspecified atom stereocenters. The van der Waals surface area contributed by atoms with Gasteiger partial charge in [-0.15, -0.1) is 0 Å². The molecule has 3 nitrogen and oxygen atoms in total. The SMILES string of the molecule is CCNCC(CCc1nccn1C)c1cccc(C)c1. The predicted octanol–water partition coefficient (Wildman–Crippen LogP) is 3.05. The quantitative estimate of drug-likeness (QED) is 0.839. The van der Waals surface area contributed by atoms with Crippen LogP contribution in [0, 0.1) is 6.92 Å². The van der Waals surface area contributed by atoms with Gasteiger partial charge in [-0.3, -0.25) is 0 Å². The molecular weight excluding hydrogens is 246 g/mol. The molecule has 20 heavy (non-hydrogen) atoms. The van der Waals surface area contributed by atoms with Crippen molar-refractivity contribution in [1.29, 1.82) is 0 Å².